The van der Waals surface area contributed by atoms with Crippen molar-refractivity contribution in [2.75, 3.05) is 11.9 Å². The highest BCUT2D eigenvalue weighted by Gasteiger charge is 2.12. The van der Waals surface area contributed by atoms with E-state index >= 15 is 0 Å². The third-order valence-corrected chi connectivity index (χ3v) is 2.83. The summed E-state index contributed by atoms with van der Waals surface area (Å²) in [6, 6.07) is 11.3. The van der Waals surface area contributed by atoms with Gasteiger partial charge in [-0.3, -0.25) is 4.79 Å². The number of aliphatic hydroxyl groups is 1. The van der Waals surface area contributed by atoms with Crippen molar-refractivity contribution in [2.24, 2.45) is 0 Å². The molecule has 2 rings (SSSR count). The maximum absolute atomic E-state index is 13.9. The number of carbonyl (C=O) groups excluding carboxylic acids is 1. The van der Waals surface area contributed by atoms with Gasteiger partial charge in [-0.05, 0) is 37.3 Å². The van der Waals surface area contributed by atoms with Gasteiger partial charge in [0.2, 0.25) is 0 Å². The van der Waals surface area contributed by atoms with E-state index in [9.17, 15) is 9.18 Å². The molecule has 0 radical (unpaired) electrons. The van der Waals surface area contributed by atoms with E-state index in [1.54, 1.807) is 12.1 Å². The second kappa shape index (κ2) is 6.69. The van der Waals surface area contributed by atoms with Gasteiger partial charge in [-0.1, -0.05) is 29.5 Å². The molecule has 0 fully saturated rings. The smallest absolute Gasteiger partial charge is 0.258 e. The van der Waals surface area contributed by atoms with Crippen molar-refractivity contribution in [1.82, 2.24) is 0 Å². The summed E-state index contributed by atoms with van der Waals surface area (Å²) in [4.78, 5) is 12.0. The first kappa shape index (κ1) is 14.8. The van der Waals surface area contributed by atoms with Crippen molar-refractivity contribution in [2.45, 2.75) is 6.92 Å². The Kier molecular flexibility index (Phi) is 4.70. The summed E-state index contributed by atoms with van der Waals surface area (Å²) in [5.41, 5.74) is 2.04. The maximum atomic E-state index is 13.9. The minimum absolute atomic E-state index is 0.0508. The van der Waals surface area contributed by atoms with Crippen LogP contribution in [0.4, 0.5) is 10.1 Å². The lowest BCUT2D eigenvalue weighted by Gasteiger charge is -2.06. The molecule has 0 aliphatic carbocycles. The van der Waals surface area contributed by atoms with Crippen molar-refractivity contribution < 1.29 is 14.3 Å². The number of aryl methyl sites for hydroxylation is 1. The van der Waals surface area contributed by atoms with Crippen molar-refractivity contribution in [1.29, 1.82) is 0 Å². The van der Waals surface area contributed by atoms with E-state index in [1.807, 2.05) is 19.1 Å². The largest absolute Gasteiger partial charge is 0.384 e. The molecule has 0 atom stereocenters. The fourth-order valence-corrected chi connectivity index (χ4v) is 1.75. The molecule has 0 aliphatic rings. The summed E-state index contributed by atoms with van der Waals surface area (Å²) in [6.45, 7) is 1.65. The highest BCUT2D eigenvalue weighted by atomic mass is 19.1. The number of hydrogen-bond acceptors (Lipinski definition) is 2. The minimum Gasteiger partial charge on any atom is -0.384 e. The summed E-state index contributed by atoms with van der Waals surface area (Å²) in [6.07, 6.45) is 0. The fraction of sp³-hybridized carbons (Fsp3) is 0.118. The Labute approximate surface area is 122 Å². The molecule has 0 spiro atoms. The van der Waals surface area contributed by atoms with Gasteiger partial charge in [-0.2, -0.15) is 0 Å². The highest BCUT2D eigenvalue weighted by Crippen LogP contribution is 2.14. The quantitative estimate of drug-likeness (QED) is 0.833. The van der Waals surface area contributed by atoms with Gasteiger partial charge in [0.1, 0.15) is 12.4 Å². The Balaban J connectivity index is 2.17. The van der Waals surface area contributed by atoms with Gasteiger partial charge in [0, 0.05) is 11.3 Å². The molecule has 3 nitrogen and oxygen atoms in total. The molecule has 2 aromatic carbocycles. The average molecular weight is 283 g/mol. The van der Waals surface area contributed by atoms with Crippen LogP contribution < -0.4 is 5.32 Å². The van der Waals surface area contributed by atoms with Gasteiger partial charge < -0.3 is 10.4 Å². The van der Waals surface area contributed by atoms with Gasteiger partial charge in [-0.15, -0.1) is 0 Å². The topological polar surface area (TPSA) is 49.3 Å². The Morgan fingerprint density at radius 1 is 1.24 bits per heavy atom. The van der Waals surface area contributed by atoms with Crippen LogP contribution in [0.1, 0.15) is 21.5 Å². The fourth-order valence-electron chi connectivity index (χ4n) is 1.75. The van der Waals surface area contributed by atoms with Crippen molar-refractivity contribution in [3.05, 3.63) is 65.0 Å². The molecule has 0 heterocycles. The standard InChI is InChI=1S/C17H14FNO2/c1-12-4-7-14(8-5-12)19-17(21)15-9-6-13(3-2-10-20)11-16(15)18/h4-9,11,20H,10H2,1H3,(H,19,21). The van der Waals surface area contributed by atoms with Gasteiger partial charge in [0.05, 0.1) is 5.56 Å². The second-order valence-electron chi connectivity index (χ2n) is 4.47. The molecule has 4 heteroatoms. The third kappa shape index (κ3) is 3.91. The summed E-state index contributed by atoms with van der Waals surface area (Å²) in [5, 5.41) is 11.2. The van der Waals surface area contributed by atoms with Gasteiger partial charge in [0.15, 0.2) is 0 Å². The highest BCUT2D eigenvalue weighted by molar-refractivity contribution is 6.04. The number of halogens is 1. The lowest BCUT2D eigenvalue weighted by Crippen LogP contribution is -2.13. The molecule has 0 saturated carbocycles. The number of benzene rings is 2. The van der Waals surface area contributed by atoms with Gasteiger partial charge in [-0.25, -0.2) is 4.39 Å². The Hall–Kier alpha value is -2.64. The lowest BCUT2D eigenvalue weighted by molar-refractivity contribution is 0.102. The molecular formula is C17H14FNO2. The van der Waals surface area contributed by atoms with Crippen LogP contribution in [0.15, 0.2) is 42.5 Å². The lowest BCUT2D eigenvalue weighted by atomic mass is 10.1. The monoisotopic (exact) mass is 283 g/mol. The molecule has 0 unspecified atom stereocenters. The van der Waals surface area contributed by atoms with Crippen LogP contribution in [-0.4, -0.2) is 17.6 Å². The van der Waals surface area contributed by atoms with E-state index in [-0.39, 0.29) is 12.2 Å². The number of hydrogen-bond donors (Lipinski definition) is 2. The summed E-state index contributed by atoms with van der Waals surface area (Å²) in [7, 11) is 0. The Morgan fingerprint density at radius 3 is 2.57 bits per heavy atom. The van der Waals surface area contributed by atoms with Crippen LogP contribution in [0, 0.1) is 24.6 Å². The zero-order valence-electron chi connectivity index (χ0n) is 11.5. The van der Waals surface area contributed by atoms with E-state index < -0.39 is 11.7 Å². The number of nitrogens with one attached hydrogen (secondary N) is 1. The number of anilines is 1. The molecular weight excluding hydrogens is 269 g/mol. The molecule has 2 N–H and O–H groups in total. The summed E-state index contributed by atoms with van der Waals surface area (Å²) >= 11 is 0. The number of carbonyl (C=O) groups is 1. The predicted molar refractivity (Wildman–Crippen MR) is 79.5 cm³/mol. The second-order valence-corrected chi connectivity index (χ2v) is 4.47. The maximum Gasteiger partial charge on any atom is 0.258 e. The summed E-state index contributed by atoms with van der Waals surface area (Å²) in [5.74, 6) is 3.84. The molecule has 0 aromatic heterocycles. The Bertz CT molecular complexity index is 712. The molecule has 2 aromatic rings. The van der Waals surface area contributed by atoms with Gasteiger partial charge >= 0.3 is 0 Å². The van der Waals surface area contributed by atoms with Crippen molar-refractivity contribution in [3.63, 3.8) is 0 Å². The molecule has 0 bridgehead atoms. The van der Waals surface area contributed by atoms with Crippen LogP contribution in [0.3, 0.4) is 0 Å². The van der Waals surface area contributed by atoms with E-state index in [2.05, 4.69) is 17.2 Å². The van der Waals surface area contributed by atoms with E-state index in [1.165, 1.54) is 18.2 Å². The van der Waals surface area contributed by atoms with E-state index in [0.29, 0.717) is 11.3 Å². The minimum atomic E-state index is -0.649. The van der Waals surface area contributed by atoms with Crippen molar-refractivity contribution in [3.8, 4) is 11.8 Å². The Morgan fingerprint density at radius 2 is 1.95 bits per heavy atom. The van der Waals surface area contributed by atoms with Crippen LogP contribution in [0.25, 0.3) is 0 Å². The van der Waals surface area contributed by atoms with Crippen LogP contribution in [0.5, 0.6) is 0 Å². The number of amides is 1. The molecule has 106 valence electrons. The predicted octanol–water partition coefficient (Wildman–Crippen LogP) is 2.73. The number of rotatable bonds is 2. The van der Waals surface area contributed by atoms with Crippen molar-refractivity contribution >= 4 is 11.6 Å². The number of aliphatic hydroxyl groups excluding tert-OH is 1. The molecule has 1 amide bonds. The SMILES string of the molecule is Cc1ccc(NC(=O)c2ccc(C#CCO)cc2F)cc1. The molecule has 0 saturated heterocycles. The average Bonchev–Trinajstić information content (AvgIpc) is 2.47. The van der Waals surface area contributed by atoms with Gasteiger partial charge in [0.25, 0.3) is 5.91 Å². The third-order valence-electron chi connectivity index (χ3n) is 2.83. The van der Waals surface area contributed by atoms with Crippen LogP contribution >= 0.6 is 0 Å². The molecule has 21 heavy (non-hydrogen) atoms. The molecule has 0 aliphatic heterocycles. The summed E-state index contributed by atoms with van der Waals surface area (Å²) < 4.78 is 13.9. The zero-order valence-corrected chi connectivity index (χ0v) is 11.5. The van der Waals surface area contributed by atoms with E-state index in [0.717, 1.165) is 5.56 Å². The van der Waals surface area contributed by atoms with Crippen LogP contribution in [-0.2, 0) is 0 Å². The normalized spacial score (nSPS) is 9.67. The first-order chi connectivity index (χ1) is 10.1. The van der Waals surface area contributed by atoms with Crippen LogP contribution in [0.2, 0.25) is 0 Å². The zero-order chi connectivity index (χ0) is 15.2. The first-order valence-electron chi connectivity index (χ1n) is 6.37. The first-order valence-corrected chi connectivity index (χ1v) is 6.37. The van der Waals surface area contributed by atoms with E-state index in [4.69, 9.17) is 5.11 Å².